The van der Waals surface area contributed by atoms with Crippen LogP contribution in [-0.2, 0) is 10.5 Å². The van der Waals surface area contributed by atoms with E-state index in [2.05, 4.69) is 114 Å². The molecule has 0 saturated carbocycles. The zero-order chi connectivity index (χ0) is 20.7. The largest absolute Gasteiger partial charge is 0.402 e. The van der Waals surface area contributed by atoms with Gasteiger partial charge in [-0.3, -0.25) is 0 Å². The minimum atomic E-state index is -1.73. The van der Waals surface area contributed by atoms with Gasteiger partial charge in [0.1, 0.15) is 0 Å². The molecule has 3 rings (SSSR count). The van der Waals surface area contributed by atoms with E-state index in [1.54, 1.807) is 0 Å². The van der Waals surface area contributed by atoms with Crippen molar-refractivity contribution in [2.75, 3.05) is 0 Å². The number of aryl methyl sites for hydroxylation is 1. The average molecular weight is 390 g/mol. The normalized spacial score (nSPS) is 22.8. The predicted octanol–water partition coefficient (Wildman–Crippen LogP) is 6.60. The van der Waals surface area contributed by atoms with Crippen LogP contribution >= 0.6 is 0 Å². The summed E-state index contributed by atoms with van der Waals surface area (Å²) in [6.07, 6.45) is 7.09. The molecule has 0 spiro atoms. The van der Waals surface area contributed by atoms with Crippen molar-refractivity contribution >= 4 is 8.07 Å². The molecule has 2 unspecified atom stereocenters. The van der Waals surface area contributed by atoms with Crippen molar-refractivity contribution in [2.24, 2.45) is 5.73 Å². The van der Waals surface area contributed by atoms with Gasteiger partial charge < -0.3 is 5.73 Å². The van der Waals surface area contributed by atoms with Crippen molar-refractivity contribution in [2.45, 2.75) is 63.7 Å². The third-order valence-electron chi connectivity index (χ3n) is 6.26. The molecular weight excluding hydrogens is 354 g/mol. The Morgan fingerprint density at radius 1 is 0.964 bits per heavy atom. The molecule has 0 aromatic heterocycles. The molecule has 2 heteroatoms. The first kappa shape index (κ1) is 20.7. The number of nitrogens with two attached hydrogens (primary N) is 1. The Bertz CT molecular complexity index is 910. The van der Waals surface area contributed by atoms with E-state index in [0.29, 0.717) is 0 Å². The molecule has 2 atom stereocenters. The van der Waals surface area contributed by atoms with Crippen molar-refractivity contribution in [3.05, 3.63) is 94.7 Å². The van der Waals surface area contributed by atoms with Crippen molar-refractivity contribution in [1.82, 2.24) is 0 Å². The number of rotatable bonds is 3. The predicted molar refractivity (Wildman–Crippen MR) is 125 cm³/mol. The maximum absolute atomic E-state index is 6.93. The maximum Gasteiger partial charge on any atom is 0.0679 e. The highest BCUT2D eigenvalue weighted by atomic mass is 28.3. The van der Waals surface area contributed by atoms with Crippen LogP contribution in [0.4, 0.5) is 0 Å². The number of allylic oxidation sites excluding steroid dienone is 3. The number of hydrogen-bond acceptors (Lipinski definition) is 1. The van der Waals surface area contributed by atoms with E-state index in [1.807, 2.05) is 0 Å². The molecule has 0 saturated heterocycles. The summed E-state index contributed by atoms with van der Waals surface area (Å²) in [5.41, 5.74) is 13.4. The van der Waals surface area contributed by atoms with Crippen LogP contribution in [0.15, 0.2) is 72.5 Å². The monoisotopic (exact) mass is 389 g/mol. The molecule has 1 nitrogen and oxygen atoms in total. The van der Waals surface area contributed by atoms with Gasteiger partial charge in [0.2, 0.25) is 0 Å². The lowest BCUT2D eigenvalue weighted by Crippen LogP contribution is -2.53. The van der Waals surface area contributed by atoms with Crippen molar-refractivity contribution in [3.63, 3.8) is 0 Å². The van der Waals surface area contributed by atoms with Crippen LogP contribution in [0.2, 0.25) is 19.6 Å². The first-order chi connectivity index (χ1) is 13.0. The second kappa shape index (κ2) is 7.08. The van der Waals surface area contributed by atoms with E-state index < -0.39 is 8.07 Å². The smallest absolute Gasteiger partial charge is 0.0679 e. The quantitative estimate of drug-likeness (QED) is 0.464. The maximum atomic E-state index is 6.93. The van der Waals surface area contributed by atoms with Gasteiger partial charge in [-0.25, -0.2) is 0 Å². The van der Waals surface area contributed by atoms with Crippen LogP contribution in [0.1, 0.15) is 48.9 Å². The summed E-state index contributed by atoms with van der Waals surface area (Å²) in [5, 5.41) is -0.177. The van der Waals surface area contributed by atoms with Crippen LogP contribution in [-0.4, -0.2) is 8.07 Å². The van der Waals surface area contributed by atoms with Gasteiger partial charge in [0, 0.05) is 16.7 Å². The van der Waals surface area contributed by atoms with E-state index >= 15 is 0 Å². The molecule has 2 aromatic carbocycles. The topological polar surface area (TPSA) is 26.0 Å². The molecule has 2 N–H and O–H groups in total. The Labute approximate surface area is 172 Å². The van der Waals surface area contributed by atoms with Gasteiger partial charge in [-0.2, -0.15) is 0 Å². The van der Waals surface area contributed by atoms with Crippen LogP contribution < -0.4 is 5.73 Å². The third kappa shape index (κ3) is 3.51. The third-order valence-corrected chi connectivity index (χ3v) is 9.35. The van der Waals surface area contributed by atoms with E-state index in [-0.39, 0.29) is 16.4 Å². The second-order valence-electron chi connectivity index (χ2n) is 10.3. The van der Waals surface area contributed by atoms with Crippen LogP contribution in [0.3, 0.4) is 0 Å². The van der Waals surface area contributed by atoms with E-state index in [9.17, 15) is 0 Å². The molecule has 1 aliphatic carbocycles. The Hall–Kier alpha value is -2.06. The van der Waals surface area contributed by atoms with E-state index in [0.717, 1.165) is 5.70 Å². The summed E-state index contributed by atoms with van der Waals surface area (Å²) in [5.74, 6) is 0.247. The average Bonchev–Trinajstić information content (AvgIpc) is 2.61. The Balaban J connectivity index is 2.19. The number of benzene rings is 2. The van der Waals surface area contributed by atoms with Crippen LogP contribution in [0, 0.1) is 6.92 Å². The van der Waals surface area contributed by atoms with Gasteiger partial charge >= 0.3 is 0 Å². The lowest BCUT2D eigenvalue weighted by Gasteiger charge is -2.46. The highest BCUT2D eigenvalue weighted by Gasteiger charge is 2.47. The molecule has 2 aromatic rings. The fraction of sp³-hybridized carbons (Fsp3) is 0.385. The van der Waals surface area contributed by atoms with Gasteiger partial charge in [-0.1, -0.05) is 107 Å². The van der Waals surface area contributed by atoms with Gasteiger partial charge in [-0.05, 0) is 34.6 Å². The summed E-state index contributed by atoms with van der Waals surface area (Å²) >= 11 is 0. The molecule has 0 amide bonds. The minimum absolute atomic E-state index is 0.118. The lowest BCUT2D eigenvalue weighted by atomic mass is 9.79. The SMILES string of the molecule is Cc1ccc(C(C)(C)C)cc1C1([Si](C)(C)C)C=CC(c2ccccc2)C=C1N. The minimum Gasteiger partial charge on any atom is -0.402 e. The van der Waals surface area contributed by atoms with Crippen molar-refractivity contribution in [1.29, 1.82) is 0 Å². The van der Waals surface area contributed by atoms with Gasteiger partial charge in [-0.15, -0.1) is 0 Å². The van der Waals surface area contributed by atoms with Gasteiger partial charge in [0.05, 0.1) is 8.07 Å². The summed E-state index contributed by atoms with van der Waals surface area (Å²) in [6.45, 7) is 16.4. The summed E-state index contributed by atoms with van der Waals surface area (Å²) in [6, 6.07) is 17.6. The second-order valence-corrected chi connectivity index (χ2v) is 15.5. The fourth-order valence-corrected chi connectivity index (χ4v) is 7.08. The Morgan fingerprint density at radius 3 is 2.14 bits per heavy atom. The molecule has 148 valence electrons. The van der Waals surface area contributed by atoms with Crippen molar-refractivity contribution in [3.8, 4) is 0 Å². The molecule has 0 heterocycles. The summed E-state index contributed by atoms with van der Waals surface area (Å²) in [4.78, 5) is 0. The number of hydrogen-bond donors (Lipinski definition) is 1. The van der Waals surface area contributed by atoms with Crippen LogP contribution in [0.25, 0.3) is 0 Å². The molecule has 0 fully saturated rings. The fourth-order valence-electron chi connectivity index (χ4n) is 4.45. The Kier molecular flexibility index (Phi) is 5.22. The van der Waals surface area contributed by atoms with Crippen molar-refractivity contribution < 1.29 is 0 Å². The first-order valence-corrected chi connectivity index (χ1v) is 13.8. The van der Waals surface area contributed by atoms with Gasteiger partial charge in [0.15, 0.2) is 0 Å². The molecular formula is C26H35NSi. The van der Waals surface area contributed by atoms with Crippen LogP contribution in [0.5, 0.6) is 0 Å². The lowest BCUT2D eigenvalue weighted by molar-refractivity contribution is 0.587. The Morgan fingerprint density at radius 2 is 1.61 bits per heavy atom. The highest BCUT2D eigenvalue weighted by molar-refractivity contribution is 6.80. The zero-order valence-corrected chi connectivity index (χ0v) is 19.5. The van der Waals surface area contributed by atoms with E-state index in [4.69, 9.17) is 5.73 Å². The molecule has 0 radical (unpaired) electrons. The zero-order valence-electron chi connectivity index (χ0n) is 18.5. The molecule has 28 heavy (non-hydrogen) atoms. The van der Waals surface area contributed by atoms with E-state index in [1.165, 1.54) is 22.3 Å². The summed E-state index contributed by atoms with van der Waals surface area (Å²) in [7, 11) is -1.73. The highest BCUT2D eigenvalue weighted by Crippen LogP contribution is 2.46. The molecule has 0 bridgehead atoms. The van der Waals surface area contributed by atoms with Gasteiger partial charge in [0.25, 0.3) is 0 Å². The standard InChI is InChI=1S/C26H35NSi/c1-19-13-14-22(25(2,3)4)18-23(19)26(28(5,6)7)16-15-21(17-24(26)27)20-11-9-8-10-12-20/h8-18,21H,27H2,1-7H3. The molecule has 1 aliphatic rings. The summed E-state index contributed by atoms with van der Waals surface area (Å²) < 4.78 is 0. The first-order valence-electron chi connectivity index (χ1n) is 10.3. The molecule has 0 aliphatic heterocycles.